The van der Waals surface area contributed by atoms with Gasteiger partial charge in [0, 0.05) is 16.5 Å². The number of hydrogen-bond donors (Lipinski definition) is 1. The minimum absolute atomic E-state index is 0.195. The van der Waals surface area contributed by atoms with Gasteiger partial charge in [-0.3, -0.25) is 14.5 Å². The first kappa shape index (κ1) is 17.4. The van der Waals surface area contributed by atoms with Gasteiger partial charge in [0.2, 0.25) is 0 Å². The zero-order valence-corrected chi connectivity index (χ0v) is 15.6. The van der Waals surface area contributed by atoms with Crippen molar-refractivity contribution in [3.63, 3.8) is 0 Å². The molecule has 4 nitrogen and oxygen atoms in total. The number of rotatable bonds is 4. The van der Waals surface area contributed by atoms with Crippen molar-refractivity contribution in [1.82, 2.24) is 0 Å². The van der Waals surface area contributed by atoms with Gasteiger partial charge in [0.15, 0.2) is 11.5 Å². The summed E-state index contributed by atoms with van der Waals surface area (Å²) in [5.41, 5.74) is 2.84. The van der Waals surface area contributed by atoms with E-state index in [4.69, 9.17) is 0 Å². The lowest BCUT2D eigenvalue weighted by Gasteiger charge is -2.28. The summed E-state index contributed by atoms with van der Waals surface area (Å²) < 4.78 is 0. The standard InChI is InChI=1S/C20H21NO3S/c1-11(2)17(22)15-16(19-13(4)9-10-25-19)21(20(24)18(15)23)14-8-6-5-7-12(14)3/h5-11,16,23H,1-4H3. The van der Waals surface area contributed by atoms with Gasteiger partial charge in [-0.05, 0) is 42.5 Å². The lowest BCUT2D eigenvalue weighted by Crippen LogP contribution is -2.31. The fourth-order valence-electron chi connectivity index (χ4n) is 3.16. The zero-order chi connectivity index (χ0) is 18.3. The number of carbonyl (C=O) groups is 2. The van der Waals surface area contributed by atoms with Gasteiger partial charge in [0.25, 0.3) is 5.91 Å². The van der Waals surface area contributed by atoms with Crippen molar-refractivity contribution in [3.05, 3.63) is 63.0 Å². The van der Waals surface area contributed by atoms with Crippen molar-refractivity contribution in [3.8, 4) is 0 Å². The summed E-state index contributed by atoms with van der Waals surface area (Å²) in [6, 6.07) is 8.90. The molecule has 1 unspecified atom stereocenters. The maximum atomic E-state index is 12.9. The number of Topliss-reactive ketones (excluding diaryl/α,β-unsaturated/α-hetero) is 1. The second-order valence-electron chi connectivity index (χ2n) is 6.61. The Labute approximate surface area is 151 Å². The molecule has 0 fully saturated rings. The Bertz CT molecular complexity index is 879. The average Bonchev–Trinajstić information content (AvgIpc) is 3.09. The molecular weight excluding hydrogens is 334 g/mol. The highest BCUT2D eigenvalue weighted by molar-refractivity contribution is 7.10. The van der Waals surface area contributed by atoms with Gasteiger partial charge < -0.3 is 5.11 Å². The van der Waals surface area contributed by atoms with E-state index in [1.54, 1.807) is 18.7 Å². The summed E-state index contributed by atoms with van der Waals surface area (Å²) in [5.74, 6) is -1.44. The van der Waals surface area contributed by atoms with Crippen LogP contribution in [-0.4, -0.2) is 16.8 Å². The van der Waals surface area contributed by atoms with E-state index >= 15 is 0 Å². The van der Waals surface area contributed by atoms with Gasteiger partial charge in [-0.25, -0.2) is 0 Å². The van der Waals surface area contributed by atoms with E-state index in [2.05, 4.69) is 0 Å². The number of hydrogen-bond acceptors (Lipinski definition) is 4. The van der Waals surface area contributed by atoms with Crippen LogP contribution in [0.4, 0.5) is 5.69 Å². The van der Waals surface area contributed by atoms with Crippen LogP contribution in [0.5, 0.6) is 0 Å². The van der Waals surface area contributed by atoms with Gasteiger partial charge in [-0.15, -0.1) is 11.3 Å². The Morgan fingerprint density at radius 1 is 1.16 bits per heavy atom. The first-order chi connectivity index (χ1) is 11.8. The Balaban J connectivity index is 2.23. The molecule has 5 heteroatoms. The number of thiophene rings is 1. The lowest BCUT2D eigenvalue weighted by atomic mass is 9.93. The van der Waals surface area contributed by atoms with Crippen LogP contribution >= 0.6 is 11.3 Å². The number of aryl methyl sites for hydroxylation is 2. The van der Waals surface area contributed by atoms with E-state index in [0.29, 0.717) is 5.69 Å². The number of para-hydroxylation sites is 1. The van der Waals surface area contributed by atoms with Crippen molar-refractivity contribution in [1.29, 1.82) is 0 Å². The van der Waals surface area contributed by atoms with Gasteiger partial charge in [0.05, 0.1) is 5.57 Å². The van der Waals surface area contributed by atoms with E-state index in [1.807, 2.05) is 49.6 Å². The predicted octanol–water partition coefficient (Wildman–Crippen LogP) is 4.49. The van der Waals surface area contributed by atoms with E-state index in [1.165, 1.54) is 11.3 Å². The molecule has 0 radical (unpaired) electrons. The zero-order valence-electron chi connectivity index (χ0n) is 14.7. The summed E-state index contributed by atoms with van der Waals surface area (Å²) in [6.45, 7) is 7.43. The molecular formula is C20H21NO3S. The number of nitrogens with zero attached hydrogens (tertiary/aromatic N) is 1. The molecule has 1 N–H and O–H groups in total. The number of aliphatic hydroxyl groups excluding tert-OH is 1. The molecule has 0 bridgehead atoms. The Hall–Kier alpha value is -2.40. The number of benzene rings is 1. The van der Waals surface area contributed by atoms with E-state index in [-0.39, 0.29) is 17.3 Å². The molecule has 2 heterocycles. The second-order valence-corrected chi connectivity index (χ2v) is 7.56. The fraction of sp³-hybridized carbons (Fsp3) is 0.300. The number of carbonyl (C=O) groups excluding carboxylic acids is 2. The molecule has 1 atom stereocenters. The van der Waals surface area contributed by atoms with Crippen LogP contribution in [0.25, 0.3) is 0 Å². The molecule has 1 aliphatic heterocycles. The van der Waals surface area contributed by atoms with E-state index in [0.717, 1.165) is 16.0 Å². The number of aliphatic hydroxyl groups is 1. The number of ketones is 1. The van der Waals surface area contributed by atoms with Crippen LogP contribution in [0.2, 0.25) is 0 Å². The molecule has 1 aromatic carbocycles. The topological polar surface area (TPSA) is 57.6 Å². The SMILES string of the molecule is Cc1ccccc1N1C(=O)C(O)=C(C(=O)C(C)C)C1c1sccc1C. The summed E-state index contributed by atoms with van der Waals surface area (Å²) in [6.07, 6.45) is 0. The van der Waals surface area contributed by atoms with Crippen molar-refractivity contribution in [2.45, 2.75) is 33.7 Å². The molecule has 25 heavy (non-hydrogen) atoms. The van der Waals surface area contributed by atoms with Crippen LogP contribution in [0, 0.1) is 19.8 Å². The molecule has 0 aliphatic carbocycles. The van der Waals surface area contributed by atoms with Gasteiger partial charge in [-0.2, -0.15) is 0 Å². The molecule has 0 saturated heterocycles. The second kappa shape index (κ2) is 6.48. The predicted molar refractivity (Wildman–Crippen MR) is 100.0 cm³/mol. The molecule has 130 valence electrons. The minimum atomic E-state index is -0.580. The largest absolute Gasteiger partial charge is 0.503 e. The maximum absolute atomic E-state index is 12.9. The summed E-state index contributed by atoms with van der Waals surface area (Å²) in [7, 11) is 0. The third-order valence-corrected chi connectivity index (χ3v) is 5.59. The number of amides is 1. The smallest absolute Gasteiger partial charge is 0.294 e. The summed E-state index contributed by atoms with van der Waals surface area (Å²) >= 11 is 1.50. The first-order valence-electron chi connectivity index (χ1n) is 8.25. The lowest BCUT2D eigenvalue weighted by molar-refractivity contribution is -0.119. The monoisotopic (exact) mass is 355 g/mol. The van der Waals surface area contributed by atoms with Crippen molar-refractivity contribution >= 4 is 28.7 Å². The van der Waals surface area contributed by atoms with Gasteiger partial charge in [-0.1, -0.05) is 32.0 Å². The molecule has 2 aromatic rings. The van der Waals surface area contributed by atoms with Crippen LogP contribution in [0.15, 0.2) is 47.0 Å². The molecule has 1 aliphatic rings. The van der Waals surface area contributed by atoms with Crippen molar-refractivity contribution in [2.24, 2.45) is 5.92 Å². The molecule has 0 spiro atoms. The van der Waals surface area contributed by atoms with Gasteiger partial charge in [0.1, 0.15) is 6.04 Å². The quantitative estimate of drug-likeness (QED) is 0.879. The highest BCUT2D eigenvalue weighted by atomic mass is 32.1. The third kappa shape index (κ3) is 2.78. The van der Waals surface area contributed by atoms with Crippen LogP contribution in [0.3, 0.4) is 0 Å². The Morgan fingerprint density at radius 3 is 2.40 bits per heavy atom. The van der Waals surface area contributed by atoms with Gasteiger partial charge >= 0.3 is 0 Å². The highest BCUT2D eigenvalue weighted by Gasteiger charge is 2.46. The van der Waals surface area contributed by atoms with Crippen LogP contribution in [0.1, 0.15) is 35.9 Å². The third-order valence-electron chi connectivity index (χ3n) is 4.52. The van der Waals surface area contributed by atoms with Crippen molar-refractivity contribution < 1.29 is 14.7 Å². The minimum Gasteiger partial charge on any atom is -0.503 e. The van der Waals surface area contributed by atoms with Crippen molar-refractivity contribution in [2.75, 3.05) is 4.90 Å². The highest BCUT2D eigenvalue weighted by Crippen LogP contribution is 2.45. The Kier molecular flexibility index (Phi) is 4.52. The van der Waals surface area contributed by atoms with Crippen LogP contribution in [-0.2, 0) is 9.59 Å². The molecule has 1 amide bonds. The Morgan fingerprint density at radius 2 is 1.84 bits per heavy atom. The summed E-state index contributed by atoms with van der Waals surface area (Å²) in [5, 5.41) is 12.5. The first-order valence-corrected chi connectivity index (χ1v) is 9.13. The van der Waals surface area contributed by atoms with E-state index in [9.17, 15) is 14.7 Å². The average molecular weight is 355 g/mol. The fourth-order valence-corrected chi connectivity index (χ4v) is 4.19. The van der Waals surface area contributed by atoms with Crippen LogP contribution < -0.4 is 4.90 Å². The van der Waals surface area contributed by atoms with E-state index < -0.39 is 17.7 Å². The normalized spacial score (nSPS) is 17.7. The molecule has 0 saturated carbocycles. The summed E-state index contributed by atoms with van der Waals surface area (Å²) in [4.78, 5) is 28.1. The molecule has 3 rings (SSSR count). The number of anilines is 1. The maximum Gasteiger partial charge on any atom is 0.294 e. The molecule has 1 aromatic heterocycles.